The van der Waals surface area contributed by atoms with Gasteiger partial charge in [-0.05, 0) is 96.0 Å². The molecule has 0 bridgehead atoms. The lowest BCUT2D eigenvalue weighted by Crippen LogP contribution is -2.51. The van der Waals surface area contributed by atoms with Crippen LogP contribution >= 0.6 is 0 Å². The van der Waals surface area contributed by atoms with E-state index < -0.39 is 24.3 Å². The molecule has 1 aliphatic carbocycles. The molecule has 4 N–H and O–H groups in total. The number of rotatable bonds is 13. The molecular formula is C50H60N8O7. The Balaban J connectivity index is 0.970. The van der Waals surface area contributed by atoms with Gasteiger partial charge in [0.1, 0.15) is 23.7 Å². The predicted octanol–water partition coefficient (Wildman–Crippen LogP) is 8.54. The van der Waals surface area contributed by atoms with Crippen LogP contribution in [0.1, 0.15) is 90.0 Å². The molecule has 2 aromatic heterocycles. The molecule has 15 nitrogen and oxygen atoms in total. The van der Waals surface area contributed by atoms with E-state index in [1.54, 1.807) is 0 Å². The number of imidazole rings is 2. The second-order valence-corrected chi connectivity index (χ2v) is 18.9. The van der Waals surface area contributed by atoms with Crippen LogP contribution in [0, 0.1) is 23.7 Å². The number of nitrogens with one attached hydrogen (secondary N) is 4. The lowest BCUT2D eigenvalue weighted by molar-refractivity contribution is -0.136. The third kappa shape index (κ3) is 8.70. The molecule has 1 saturated carbocycles. The molecule has 2 aliphatic heterocycles. The number of methoxy groups -OCH3 is 2. The summed E-state index contributed by atoms with van der Waals surface area (Å²) in [6.07, 6.45) is 4.75. The van der Waals surface area contributed by atoms with Crippen molar-refractivity contribution in [2.75, 3.05) is 40.5 Å². The van der Waals surface area contributed by atoms with Crippen molar-refractivity contribution in [3.63, 3.8) is 0 Å². The Morgan fingerprint density at radius 2 is 1.18 bits per heavy atom. The minimum Gasteiger partial charge on any atom is -0.453 e. The number of carbonyl (C=O) groups is 4. The fourth-order valence-corrected chi connectivity index (χ4v) is 10.00. The van der Waals surface area contributed by atoms with Gasteiger partial charge < -0.3 is 44.6 Å². The zero-order chi connectivity index (χ0) is 45.5. The molecule has 3 fully saturated rings. The Bertz CT molecular complexity index is 2760. The average Bonchev–Trinajstić information content (AvgIpc) is 4.12. The second kappa shape index (κ2) is 18.3. The van der Waals surface area contributed by atoms with Crippen molar-refractivity contribution in [2.24, 2.45) is 23.7 Å². The molecule has 0 radical (unpaired) electrons. The van der Waals surface area contributed by atoms with Gasteiger partial charge in [0, 0.05) is 36.4 Å². The number of fused-ring (bicyclic) bond motifs is 6. The Morgan fingerprint density at radius 3 is 1.69 bits per heavy atom. The molecule has 342 valence electrons. The quantitative estimate of drug-likeness (QED) is 0.0883. The summed E-state index contributed by atoms with van der Waals surface area (Å²) < 4.78 is 15.9. The average molecular weight is 885 g/mol. The molecule has 5 atom stereocenters. The van der Waals surface area contributed by atoms with Crippen LogP contribution < -0.4 is 10.6 Å². The van der Waals surface area contributed by atoms with Gasteiger partial charge in [-0.1, -0.05) is 70.5 Å². The van der Waals surface area contributed by atoms with E-state index in [4.69, 9.17) is 24.2 Å². The molecule has 0 spiro atoms. The van der Waals surface area contributed by atoms with E-state index in [1.165, 1.54) is 33.5 Å². The lowest BCUT2D eigenvalue weighted by atomic mass is 9.86. The van der Waals surface area contributed by atoms with Gasteiger partial charge in [-0.3, -0.25) is 9.59 Å². The van der Waals surface area contributed by atoms with Crippen molar-refractivity contribution in [3.05, 3.63) is 72.3 Å². The van der Waals surface area contributed by atoms with Crippen molar-refractivity contribution < 1.29 is 33.4 Å². The summed E-state index contributed by atoms with van der Waals surface area (Å²) in [7, 11) is 2.60. The summed E-state index contributed by atoms with van der Waals surface area (Å²) in [6, 6.07) is 19.2. The number of benzene rings is 4. The fourth-order valence-electron chi connectivity index (χ4n) is 10.00. The number of alkyl carbamates (subject to hydrolysis) is 2. The van der Waals surface area contributed by atoms with E-state index in [-0.39, 0.29) is 41.7 Å². The Hall–Kier alpha value is -6.22. The molecule has 15 heteroatoms. The molecule has 0 unspecified atom stereocenters. The van der Waals surface area contributed by atoms with E-state index in [0.29, 0.717) is 32.0 Å². The zero-order valence-corrected chi connectivity index (χ0v) is 38.1. The number of amides is 4. The smallest absolute Gasteiger partial charge is 0.407 e. The van der Waals surface area contributed by atoms with Gasteiger partial charge in [-0.15, -0.1) is 0 Å². The first kappa shape index (κ1) is 44.0. The van der Waals surface area contributed by atoms with Gasteiger partial charge in [0.15, 0.2) is 0 Å². The van der Waals surface area contributed by atoms with Gasteiger partial charge >= 0.3 is 12.2 Å². The monoisotopic (exact) mass is 884 g/mol. The van der Waals surface area contributed by atoms with E-state index in [0.717, 1.165) is 85.8 Å². The summed E-state index contributed by atoms with van der Waals surface area (Å²) in [5.74, 6) is 1.65. The van der Waals surface area contributed by atoms with Gasteiger partial charge in [-0.2, -0.15) is 0 Å². The first-order chi connectivity index (χ1) is 31.4. The summed E-state index contributed by atoms with van der Waals surface area (Å²) in [6.45, 7) is 10.1. The fraction of sp³-hybridized carbons (Fsp3) is 0.480. The van der Waals surface area contributed by atoms with Gasteiger partial charge in [0.2, 0.25) is 11.8 Å². The number of H-pyrrole nitrogens is 2. The summed E-state index contributed by atoms with van der Waals surface area (Å²) in [5, 5.41) is 9.60. The largest absolute Gasteiger partial charge is 0.453 e. The second-order valence-electron chi connectivity index (χ2n) is 18.9. The number of aromatic nitrogens is 4. The number of nitrogens with zero attached hydrogens (tertiary/aromatic N) is 4. The number of hydrogen-bond acceptors (Lipinski definition) is 9. The predicted molar refractivity (Wildman–Crippen MR) is 249 cm³/mol. The first-order valence-electron chi connectivity index (χ1n) is 23.1. The van der Waals surface area contributed by atoms with E-state index >= 15 is 0 Å². The maximum atomic E-state index is 14.3. The molecule has 65 heavy (non-hydrogen) atoms. The minimum absolute atomic E-state index is 0.118. The molecule has 4 aromatic carbocycles. The lowest BCUT2D eigenvalue weighted by Gasteiger charge is -2.30. The van der Waals surface area contributed by atoms with Gasteiger partial charge in [-0.25, -0.2) is 19.6 Å². The molecule has 3 aliphatic rings. The van der Waals surface area contributed by atoms with Crippen molar-refractivity contribution in [3.8, 4) is 11.1 Å². The molecule has 4 heterocycles. The molecule has 6 aromatic rings. The minimum atomic E-state index is -0.747. The van der Waals surface area contributed by atoms with Crippen molar-refractivity contribution in [2.45, 2.75) is 90.4 Å². The summed E-state index contributed by atoms with van der Waals surface area (Å²) in [5.41, 5.74) is 5.60. The Kier molecular flexibility index (Phi) is 12.4. The van der Waals surface area contributed by atoms with Crippen LogP contribution in [-0.2, 0) is 23.8 Å². The van der Waals surface area contributed by atoms with E-state index in [1.807, 2.05) is 43.6 Å². The van der Waals surface area contributed by atoms with E-state index in [9.17, 15) is 19.2 Å². The highest BCUT2D eigenvalue weighted by atomic mass is 16.5. The van der Waals surface area contributed by atoms with Crippen molar-refractivity contribution in [1.82, 2.24) is 40.4 Å². The Morgan fingerprint density at radius 1 is 0.662 bits per heavy atom. The number of carbonyl (C=O) groups excluding carboxylic acids is 4. The normalized spacial score (nSPS) is 20.0. The molecule has 2 saturated heterocycles. The first-order valence-corrected chi connectivity index (χ1v) is 23.1. The Labute approximate surface area is 378 Å². The highest BCUT2D eigenvalue weighted by Crippen LogP contribution is 2.39. The summed E-state index contributed by atoms with van der Waals surface area (Å²) >= 11 is 0. The van der Waals surface area contributed by atoms with Gasteiger partial charge in [0.25, 0.3) is 0 Å². The van der Waals surface area contributed by atoms with Crippen molar-refractivity contribution >= 4 is 67.6 Å². The zero-order valence-electron chi connectivity index (χ0n) is 38.1. The van der Waals surface area contributed by atoms with Crippen LogP contribution in [0.2, 0.25) is 0 Å². The maximum absolute atomic E-state index is 14.3. The standard InChI is InChI=1S/C50H60N8O7/c1-27(2)41(55-49(61)63-5)47(59)57-20-8-11-39(57)45-51-37-18-14-33-22-31(12-16-35(33)43(37)53-45)32-13-17-36-34(23-32)15-19-38-44(36)54-46(52-38)40-21-30(26-65-25-29-9-7-10-29)24-58(40)48(60)42(28(3)4)56-50(62)64-6/h12-19,22-23,27-30,39-42H,7-11,20-21,24-26H2,1-6H3,(H,51,53)(H,52,54)(H,55,61)(H,56,62)/t30-,39+,40+,41+,42+/m1/s1. The number of hydrogen-bond donors (Lipinski definition) is 4. The molecule has 9 rings (SSSR count). The van der Waals surface area contributed by atoms with Crippen LogP contribution in [0.4, 0.5) is 9.59 Å². The van der Waals surface area contributed by atoms with Crippen LogP contribution in [0.3, 0.4) is 0 Å². The number of likely N-dealkylation sites (tertiary alicyclic amines) is 2. The molecule has 4 amide bonds. The van der Waals surface area contributed by atoms with Crippen molar-refractivity contribution in [1.29, 1.82) is 0 Å². The highest BCUT2D eigenvalue weighted by molar-refractivity contribution is 6.07. The maximum Gasteiger partial charge on any atom is 0.407 e. The van der Waals surface area contributed by atoms with Crippen LogP contribution in [0.25, 0.3) is 54.7 Å². The highest BCUT2D eigenvalue weighted by Gasteiger charge is 2.42. The van der Waals surface area contributed by atoms with Crippen LogP contribution in [-0.4, -0.2) is 106 Å². The van der Waals surface area contributed by atoms with Crippen LogP contribution in [0.15, 0.2) is 60.7 Å². The third-order valence-corrected chi connectivity index (χ3v) is 13.9. The van der Waals surface area contributed by atoms with Gasteiger partial charge in [0.05, 0.1) is 55.0 Å². The van der Waals surface area contributed by atoms with Crippen LogP contribution in [0.5, 0.6) is 0 Å². The van der Waals surface area contributed by atoms with E-state index in [2.05, 4.69) is 75.2 Å². The topological polar surface area (TPSA) is 184 Å². The number of aromatic amines is 2. The molecular weight excluding hydrogens is 825 g/mol. The summed E-state index contributed by atoms with van der Waals surface area (Å²) in [4.78, 5) is 73.5. The SMILES string of the molecule is COC(=O)N[C@H](C(=O)N1CCC[C@H]1c1nc2c(ccc3cc(-c4ccc5c(ccc6[nH]c([C@@H]7C[C@@H](COCC8CCC8)CN7C(=O)[C@@H](NC(=O)OC)C(C)C)nc65)c4)ccc32)[nH]1)C(C)C. The number of ether oxygens (including phenoxy) is 3. The third-order valence-electron chi connectivity index (χ3n) is 13.9.